The van der Waals surface area contributed by atoms with E-state index in [1.165, 1.54) is 11.1 Å². The van der Waals surface area contributed by atoms with Crippen LogP contribution in [0.5, 0.6) is 0 Å². The highest BCUT2D eigenvalue weighted by atomic mass is 16.4. The van der Waals surface area contributed by atoms with Crippen LogP contribution in [0.4, 0.5) is 0 Å². The molecule has 0 amide bonds. The van der Waals surface area contributed by atoms with Crippen LogP contribution in [0.1, 0.15) is 57.6 Å². The van der Waals surface area contributed by atoms with Crippen LogP contribution in [0.15, 0.2) is 24.3 Å². The Kier molecular flexibility index (Phi) is 6.73. The third-order valence-electron chi connectivity index (χ3n) is 3.63. The Morgan fingerprint density at radius 1 is 1.20 bits per heavy atom. The number of benzene rings is 1. The molecule has 0 saturated heterocycles. The molecule has 3 nitrogen and oxygen atoms in total. The summed E-state index contributed by atoms with van der Waals surface area (Å²) in [5.74, 6) is -0.174. The molecule has 0 saturated carbocycles. The molecule has 20 heavy (non-hydrogen) atoms. The summed E-state index contributed by atoms with van der Waals surface area (Å²) >= 11 is 0. The fraction of sp³-hybridized carbons (Fsp3) is 0.588. The molecule has 2 atom stereocenters. The van der Waals surface area contributed by atoms with E-state index >= 15 is 0 Å². The molecule has 0 aliphatic rings. The van der Waals surface area contributed by atoms with E-state index in [1.807, 2.05) is 13.8 Å². The van der Waals surface area contributed by atoms with Crippen molar-refractivity contribution >= 4 is 5.97 Å². The minimum atomic E-state index is -0.751. The summed E-state index contributed by atoms with van der Waals surface area (Å²) in [6.07, 6.45) is 2.05. The van der Waals surface area contributed by atoms with Crippen LogP contribution in [-0.2, 0) is 11.2 Å². The predicted molar refractivity (Wildman–Crippen MR) is 83.2 cm³/mol. The smallest absolute Gasteiger partial charge is 0.304 e. The summed E-state index contributed by atoms with van der Waals surface area (Å²) in [5.41, 5.74) is 2.54. The van der Waals surface area contributed by atoms with Gasteiger partial charge in [0.25, 0.3) is 0 Å². The fourth-order valence-corrected chi connectivity index (χ4v) is 2.37. The molecule has 0 aromatic heterocycles. The Morgan fingerprint density at radius 2 is 1.80 bits per heavy atom. The molecule has 2 N–H and O–H groups in total. The van der Waals surface area contributed by atoms with Crippen molar-refractivity contribution in [2.75, 3.05) is 0 Å². The molecular weight excluding hydrogens is 250 g/mol. The number of carboxylic acid groups (broad SMARTS) is 1. The summed E-state index contributed by atoms with van der Waals surface area (Å²) in [5, 5.41) is 12.3. The minimum Gasteiger partial charge on any atom is -0.481 e. The third-order valence-corrected chi connectivity index (χ3v) is 3.63. The second-order valence-electron chi connectivity index (χ2n) is 5.87. The van der Waals surface area contributed by atoms with Crippen LogP contribution in [0, 0.1) is 0 Å². The maximum atomic E-state index is 10.9. The lowest BCUT2D eigenvalue weighted by Gasteiger charge is -2.20. The SMILES string of the molecule is CCC(C)c1ccc(CC(CC(=O)O)NC(C)C)cc1. The van der Waals surface area contributed by atoms with Crippen LogP contribution in [0.3, 0.4) is 0 Å². The highest BCUT2D eigenvalue weighted by molar-refractivity contribution is 5.67. The Bertz CT molecular complexity index is 412. The molecule has 2 unspecified atom stereocenters. The van der Waals surface area contributed by atoms with Crippen LogP contribution in [0.25, 0.3) is 0 Å². The lowest BCUT2D eigenvalue weighted by Crippen LogP contribution is -2.38. The monoisotopic (exact) mass is 277 g/mol. The Hall–Kier alpha value is -1.35. The zero-order valence-electron chi connectivity index (χ0n) is 13.0. The summed E-state index contributed by atoms with van der Waals surface area (Å²) in [4.78, 5) is 10.9. The van der Waals surface area contributed by atoms with E-state index in [1.54, 1.807) is 0 Å². The molecule has 3 heteroatoms. The summed E-state index contributed by atoms with van der Waals surface area (Å²) in [6, 6.07) is 8.85. The van der Waals surface area contributed by atoms with Gasteiger partial charge in [-0.2, -0.15) is 0 Å². The fourth-order valence-electron chi connectivity index (χ4n) is 2.37. The van der Waals surface area contributed by atoms with Crippen LogP contribution >= 0.6 is 0 Å². The first-order chi connectivity index (χ1) is 9.42. The molecule has 0 spiro atoms. The second-order valence-corrected chi connectivity index (χ2v) is 5.87. The van der Waals surface area contributed by atoms with Gasteiger partial charge in [-0.25, -0.2) is 0 Å². The van der Waals surface area contributed by atoms with Gasteiger partial charge in [0.15, 0.2) is 0 Å². The molecular formula is C17H27NO2. The van der Waals surface area contributed by atoms with Crippen molar-refractivity contribution in [1.29, 1.82) is 0 Å². The van der Waals surface area contributed by atoms with Crippen molar-refractivity contribution in [3.8, 4) is 0 Å². The van der Waals surface area contributed by atoms with Crippen molar-refractivity contribution in [1.82, 2.24) is 5.32 Å². The summed E-state index contributed by atoms with van der Waals surface area (Å²) in [7, 11) is 0. The van der Waals surface area contributed by atoms with E-state index in [9.17, 15) is 4.79 Å². The number of carboxylic acids is 1. The van der Waals surface area contributed by atoms with Gasteiger partial charge in [0, 0.05) is 12.1 Å². The number of nitrogens with one attached hydrogen (secondary N) is 1. The molecule has 0 aliphatic carbocycles. The first-order valence-corrected chi connectivity index (χ1v) is 7.49. The van der Waals surface area contributed by atoms with Crippen molar-refractivity contribution < 1.29 is 9.90 Å². The van der Waals surface area contributed by atoms with Crippen LogP contribution in [0.2, 0.25) is 0 Å². The van der Waals surface area contributed by atoms with Gasteiger partial charge in [-0.1, -0.05) is 52.0 Å². The number of rotatable bonds is 8. The van der Waals surface area contributed by atoms with Crippen molar-refractivity contribution in [2.45, 2.75) is 65.0 Å². The van der Waals surface area contributed by atoms with Gasteiger partial charge in [0.2, 0.25) is 0 Å². The van der Waals surface area contributed by atoms with E-state index in [0.29, 0.717) is 12.0 Å². The number of hydrogen-bond acceptors (Lipinski definition) is 2. The van der Waals surface area contributed by atoms with Gasteiger partial charge in [0.1, 0.15) is 0 Å². The van der Waals surface area contributed by atoms with Gasteiger partial charge in [-0.05, 0) is 29.9 Å². The van der Waals surface area contributed by atoms with Gasteiger partial charge < -0.3 is 10.4 Å². The van der Waals surface area contributed by atoms with Crippen molar-refractivity contribution in [3.05, 3.63) is 35.4 Å². The molecule has 1 rings (SSSR count). The Labute approximate surface area is 122 Å². The maximum absolute atomic E-state index is 10.9. The predicted octanol–water partition coefficient (Wildman–Crippen LogP) is 3.58. The molecule has 0 aliphatic heterocycles. The highest BCUT2D eigenvalue weighted by Gasteiger charge is 2.15. The van der Waals surface area contributed by atoms with E-state index in [4.69, 9.17) is 5.11 Å². The minimum absolute atomic E-state index is 0.0121. The maximum Gasteiger partial charge on any atom is 0.304 e. The molecule has 0 fully saturated rings. The summed E-state index contributed by atoms with van der Waals surface area (Å²) in [6.45, 7) is 8.50. The molecule has 1 aromatic rings. The highest BCUT2D eigenvalue weighted by Crippen LogP contribution is 2.19. The molecule has 112 valence electrons. The number of hydrogen-bond donors (Lipinski definition) is 2. The molecule has 0 radical (unpaired) electrons. The average molecular weight is 277 g/mol. The van der Waals surface area contributed by atoms with Crippen molar-refractivity contribution in [2.24, 2.45) is 0 Å². The molecule has 1 aromatic carbocycles. The molecule has 0 bridgehead atoms. The summed E-state index contributed by atoms with van der Waals surface area (Å²) < 4.78 is 0. The van der Waals surface area contributed by atoms with Gasteiger partial charge >= 0.3 is 5.97 Å². The zero-order chi connectivity index (χ0) is 15.1. The molecule has 0 heterocycles. The van der Waals surface area contributed by atoms with E-state index < -0.39 is 5.97 Å². The Morgan fingerprint density at radius 3 is 2.25 bits per heavy atom. The van der Waals surface area contributed by atoms with Crippen LogP contribution < -0.4 is 5.32 Å². The van der Waals surface area contributed by atoms with Crippen LogP contribution in [-0.4, -0.2) is 23.2 Å². The zero-order valence-corrected chi connectivity index (χ0v) is 13.0. The second kappa shape index (κ2) is 8.05. The number of aliphatic carboxylic acids is 1. The van der Waals surface area contributed by atoms with Gasteiger partial charge in [-0.3, -0.25) is 4.79 Å². The Balaban J connectivity index is 2.70. The van der Waals surface area contributed by atoms with Crippen molar-refractivity contribution in [3.63, 3.8) is 0 Å². The standard InChI is InChI=1S/C17H27NO2/c1-5-13(4)15-8-6-14(7-9-15)10-16(11-17(19)20)18-12(2)3/h6-9,12-13,16,18H,5,10-11H2,1-4H3,(H,19,20). The van der Waals surface area contributed by atoms with E-state index in [2.05, 4.69) is 43.4 Å². The van der Waals surface area contributed by atoms with E-state index in [0.717, 1.165) is 12.8 Å². The lowest BCUT2D eigenvalue weighted by molar-refractivity contribution is -0.137. The largest absolute Gasteiger partial charge is 0.481 e. The van der Waals surface area contributed by atoms with Gasteiger partial charge in [0.05, 0.1) is 6.42 Å². The topological polar surface area (TPSA) is 49.3 Å². The third kappa shape index (κ3) is 5.74. The lowest BCUT2D eigenvalue weighted by atomic mass is 9.95. The quantitative estimate of drug-likeness (QED) is 0.763. The first-order valence-electron chi connectivity index (χ1n) is 7.49. The normalized spacial score (nSPS) is 14.2. The number of carbonyl (C=O) groups is 1. The van der Waals surface area contributed by atoms with E-state index in [-0.39, 0.29) is 12.5 Å². The average Bonchev–Trinajstić information content (AvgIpc) is 2.37. The van der Waals surface area contributed by atoms with Gasteiger partial charge in [-0.15, -0.1) is 0 Å². The first kappa shape index (κ1) is 16.7.